The van der Waals surface area contributed by atoms with Gasteiger partial charge in [0, 0.05) is 6.42 Å². The maximum atomic E-state index is 5.11. The third-order valence-electron chi connectivity index (χ3n) is 2.08. The van der Waals surface area contributed by atoms with Crippen molar-refractivity contribution in [1.29, 1.82) is 0 Å². The summed E-state index contributed by atoms with van der Waals surface area (Å²) in [5, 5.41) is 0. The van der Waals surface area contributed by atoms with Gasteiger partial charge in [0.2, 0.25) is 0 Å². The van der Waals surface area contributed by atoms with Crippen LogP contribution in [0.4, 0.5) is 0 Å². The number of rotatable bonds is 2. The third-order valence-corrected chi connectivity index (χ3v) is 2.08. The van der Waals surface area contributed by atoms with E-state index in [-0.39, 0.29) is 0 Å². The van der Waals surface area contributed by atoms with Gasteiger partial charge in [-0.1, -0.05) is 13.0 Å². The Balaban J connectivity index is 2.35. The first-order valence-electron chi connectivity index (χ1n) is 3.23. The van der Waals surface area contributed by atoms with Crippen LogP contribution in [-0.2, 0) is 0 Å². The summed E-state index contributed by atoms with van der Waals surface area (Å²) in [6.45, 7) is 5.92. The minimum absolute atomic E-state index is 0.618. The van der Waals surface area contributed by atoms with Crippen LogP contribution in [0, 0.1) is 36.5 Å². The third kappa shape index (κ3) is 1.00. The van der Waals surface area contributed by atoms with E-state index >= 15 is 0 Å². The van der Waals surface area contributed by atoms with Gasteiger partial charge in [-0.2, -0.15) is 0 Å². The molecule has 0 aromatic carbocycles. The lowest BCUT2D eigenvalue weighted by Gasteiger charge is -1.81. The molecule has 1 fully saturated rings. The van der Waals surface area contributed by atoms with Gasteiger partial charge in [-0.25, -0.2) is 0 Å². The number of hydrogen-bond donors (Lipinski definition) is 0. The summed E-state index contributed by atoms with van der Waals surface area (Å²) >= 11 is 0. The fourth-order valence-corrected chi connectivity index (χ4v) is 1.27. The minimum Gasteiger partial charge on any atom is -0.120 e. The Kier molecular flexibility index (Phi) is 1.62. The van der Waals surface area contributed by atoms with Gasteiger partial charge in [0.1, 0.15) is 0 Å². The van der Waals surface area contributed by atoms with E-state index in [2.05, 4.69) is 19.4 Å². The highest BCUT2D eigenvalue weighted by Gasteiger charge is 2.43. The Morgan fingerprint density at radius 2 is 2.22 bits per heavy atom. The summed E-state index contributed by atoms with van der Waals surface area (Å²) in [7, 11) is 0. The number of hydrogen-bond acceptors (Lipinski definition) is 0. The molecule has 1 aliphatic rings. The van der Waals surface area contributed by atoms with E-state index in [0.29, 0.717) is 11.8 Å². The van der Waals surface area contributed by atoms with Crippen molar-refractivity contribution in [2.24, 2.45) is 17.8 Å². The fourth-order valence-electron chi connectivity index (χ4n) is 1.27. The zero-order valence-electron chi connectivity index (χ0n) is 5.67. The molecule has 0 aromatic heterocycles. The van der Waals surface area contributed by atoms with Crippen molar-refractivity contribution in [2.45, 2.75) is 6.92 Å². The number of allylic oxidation sites excluding steroid dienone is 1. The lowest BCUT2D eigenvalue weighted by molar-refractivity contribution is 0.869. The van der Waals surface area contributed by atoms with E-state index in [1.165, 1.54) is 0 Å². The molecule has 3 atom stereocenters. The first-order chi connectivity index (χ1) is 4.31. The van der Waals surface area contributed by atoms with Crippen LogP contribution in [-0.4, -0.2) is 0 Å². The maximum absolute atomic E-state index is 5.11. The molecule has 0 bridgehead atoms. The van der Waals surface area contributed by atoms with Gasteiger partial charge in [0.25, 0.3) is 0 Å². The first kappa shape index (κ1) is 6.42. The fraction of sp³-hybridized carbons (Fsp3) is 0.444. The Morgan fingerprint density at radius 1 is 1.56 bits per heavy atom. The van der Waals surface area contributed by atoms with Crippen LogP contribution in [0.1, 0.15) is 6.92 Å². The molecule has 47 valence electrons. The van der Waals surface area contributed by atoms with E-state index in [1.54, 1.807) is 0 Å². The second-order valence-electron chi connectivity index (χ2n) is 2.58. The van der Waals surface area contributed by atoms with Gasteiger partial charge in [0.15, 0.2) is 0 Å². The molecule has 0 heterocycles. The zero-order valence-corrected chi connectivity index (χ0v) is 5.67. The van der Waals surface area contributed by atoms with Crippen LogP contribution >= 0.6 is 0 Å². The lowest BCUT2D eigenvalue weighted by Crippen LogP contribution is -1.75. The minimum atomic E-state index is 0.618. The van der Waals surface area contributed by atoms with Crippen LogP contribution in [0.3, 0.4) is 0 Å². The molecule has 9 heavy (non-hydrogen) atoms. The molecule has 0 heteroatoms. The molecular formula is C9H11. The quantitative estimate of drug-likeness (QED) is 0.384. The summed E-state index contributed by atoms with van der Waals surface area (Å²) in [4.78, 5) is 0. The van der Waals surface area contributed by atoms with Crippen molar-refractivity contribution < 1.29 is 0 Å². The summed E-state index contributed by atoms with van der Waals surface area (Å²) in [6, 6.07) is 0. The molecule has 0 nitrogen and oxygen atoms in total. The molecule has 1 saturated carbocycles. The van der Waals surface area contributed by atoms with Crippen molar-refractivity contribution >= 4 is 0 Å². The van der Waals surface area contributed by atoms with Crippen molar-refractivity contribution in [3.63, 3.8) is 0 Å². The van der Waals surface area contributed by atoms with Crippen LogP contribution < -0.4 is 0 Å². The molecule has 0 aromatic rings. The summed E-state index contributed by atoms with van der Waals surface area (Å²) < 4.78 is 0. The monoisotopic (exact) mass is 119 g/mol. The van der Waals surface area contributed by atoms with Crippen LogP contribution in [0.5, 0.6) is 0 Å². The standard InChI is InChI=1S/C9H11/c1-4-6-9-7(3)8(9)5-2/h1,5-9H,2H2,3H3/t7-,8-,9+/m0/s1. The molecule has 0 N–H and O–H groups in total. The molecule has 1 radical (unpaired) electrons. The van der Waals surface area contributed by atoms with Gasteiger partial charge < -0.3 is 0 Å². The first-order valence-corrected chi connectivity index (χ1v) is 3.23. The normalized spacial score (nSPS) is 39.3. The maximum Gasteiger partial charge on any atom is 0.0377 e. The predicted molar refractivity (Wildman–Crippen MR) is 39.5 cm³/mol. The molecule has 0 unspecified atom stereocenters. The van der Waals surface area contributed by atoms with Gasteiger partial charge in [-0.15, -0.1) is 18.9 Å². The van der Waals surface area contributed by atoms with E-state index in [9.17, 15) is 0 Å². The van der Waals surface area contributed by atoms with E-state index in [4.69, 9.17) is 6.42 Å². The Bertz CT molecular complexity index is 150. The molecule has 0 spiro atoms. The van der Waals surface area contributed by atoms with Crippen LogP contribution in [0.15, 0.2) is 12.7 Å². The summed E-state index contributed by atoms with van der Waals surface area (Å²) in [6.07, 6.45) is 9.03. The molecule has 1 aliphatic carbocycles. The van der Waals surface area contributed by atoms with Crippen molar-refractivity contribution in [2.75, 3.05) is 0 Å². The zero-order chi connectivity index (χ0) is 6.85. The smallest absolute Gasteiger partial charge is 0.0377 e. The topological polar surface area (TPSA) is 0 Å². The van der Waals surface area contributed by atoms with Gasteiger partial charge in [-0.05, 0) is 17.8 Å². The van der Waals surface area contributed by atoms with Gasteiger partial charge in [-0.3, -0.25) is 0 Å². The largest absolute Gasteiger partial charge is 0.120 e. The number of terminal acetylenes is 1. The van der Waals surface area contributed by atoms with Crippen molar-refractivity contribution in [1.82, 2.24) is 0 Å². The van der Waals surface area contributed by atoms with Crippen molar-refractivity contribution in [3.8, 4) is 12.3 Å². The molecule has 0 aliphatic heterocycles. The summed E-state index contributed by atoms with van der Waals surface area (Å²) in [5.41, 5.74) is 0. The Labute approximate surface area is 57.0 Å². The van der Waals surface area contributed by atoms with Crippen LogP contribution in [0.25, 0.3) is 0 Å². The van der Waals surface area contributed by atoms with E-state index in [1.807, 2.05) is 12.5 Å². The lowest BCUT2D eigenvalue weighted by atomic mass is 10.2. The highest BCUT2D eigenvalue weighted by Crippen LogP contribution is 2.47. The van der Waals surface area contributed by atoms with Crippen molar-refractivity contribution in [3.05, 3.63) is 19.1 Å². The van der Waals surface area contributed by atoms with E-state index in [0.717, 1.165) is 5.92 Å². The Morgan fingerprint density at radius 3 is 2.56 bits per heavy atom. The SMILES string of the molecule is C#C[CH][C@@H]1[C@@H](C)[C@@H]1C=C. The molecular weight excluding hydrogens is 108 g/mol. The second-order valence-corrected chi connectivity index (χ2v) is 2.58. The average molecular weight is 119 g/mol. The van der Waals surface area contributed by atoms with Gasteiger partial charge >= 0.3 is 0 Å². The average Bonchev–Trinajstić information content (AvgIpc) is 2.44. The van der Waals surface area contributed by atoms with Crippen LogP contribution in [0.2, 0.25) is 0 Å². The molecule has 0 saturated heterocycles. The second kappa shape index (κ2) is 2.27. The molecule has 0 amide bonds. The Hall–Kier alpha value is -0.700. The van der Waals surface area contributed by atoms with Gasteiger partial charge in [0.05, 0.1) is 0 Å². The highest BCUT2D eigenvalue weighted by molar-refractivity contribution is 5.18. The summed E-state index contributed by atoms with van der Waals surface area (Å²) in [5.74, 6) is 4.56. The van der Waals surface area contributed by atoms with E-state index < -0.39 is 0 Å². The highest BCUT2D eigenvalue weighted by atomic mass is 14.5. The molecule has 1 rings (SSSR count). The predicted octanol–water partition coefficient (Wildman–Crippen LogP) is 1.89.